The lowest BCUT2D eigenvalue weighted by molar-refractivity contribution is 1.62. The largest absolute Gasteiger partial charge is 0.289 e. The zero-order valence-electron chi connectivity index (χ0n) is 16.3. The van der Waals surface area contributed by atoms with Gasteiger partial charge < -0.3 is 0 Å². The quantitative estimate of drug-likeness (QED) is 0.306. The van der Waals surface area contributed by atoms with Gasteiger partial charge in [0.05, 0.1) is 0 Å². The van der Waals surface area contributed by atoms with Crippen molar-refractivity contribution in [3.05, 3.63) is 125 Å². The molecule has 0 spiro atoms. The summed E-state index contributed by atoms with van der Waals surface area (Å²) in [5.74, 6) is 0. The molecule has 0 bridgehead atoms. The van der Waals surface area contributed by atoms with Crippen LogP contribution in [-0.4, -0.2) is 0 Å². The first-order chi connectivity index (χ1) is 15.2. The number of hydrogen-bond donors (Lipinski definition) is 0. The van der Waals surface area contributed by atoms with Gasteiger partial charge in [0, 0.05) is 41.0 Å². The second-order valence-electron chi connectivity index (χ2n) is 7.99. The second kappa shape index (κ2) is 5.87. The van der Waals surface area contributed by atoms with Crippen molar-refractivity contribution in [2.75, 3.05) is 0 Å². The molecule has 0 amide bonds. The van der Waals surface area contributed by atoms with Gasteiger partial charge in [-0.15, -0.1) is 11.3 Å². The summed E-state index contributed by atoms with van der Waals surface area (Å²) >= 11 is 1.53. The molecule has 0 saturated carbocycles. The van der Waals surface area contributed by atoms with Crippen LogP contribution in [0, 0.1) is 19.5 Å². The maximum absolute atomic E-state index is 13.3. The summed E-state index contributed by atoms with van der Waals surface area (Å²) in [5, 5.41) is 9.20. The van der Waals surface area contributed by atoms with Gasteiger partial charge in [0.1, 0.15) is 0 Å². The Morgan fingerprint density at radius 3 is 1.26 bits per heavy atom. The van der Waals surface area contributed by atoms with E-state index in [9.17, 15) is 9.59 Å². The fraction of sp³-hybridized carbons (Fsp3) is 0. The van der Waals surface area contributed by atoms with Crippen molar-refractivity contribution >= 4 is 54.4 Å². The predicted octanol–water partition coefficient (Wildman–Crippen LogP) is 5.97. The molecule has 0 saturated heterocycles. The van der Waals surface area contributed by atoms with Gasteiger partial charge in [-0.05, 0) is 33.7 Å². The highest BCUT2D eigenvalue weighted by Crippen LogP contribution is 2.29. The topological polar surface area (TPSA) is 34.1 Å². The predicted molar refractivity (Wildman–Crippen MR) is 129 cm³/mol. The molecular formula is C28H14O2S. The molecule has 0 N–H and O–H groups in total. The Hall–Kier alpha value is -3.82. The number of hydrogen-bond acceptors (Lipinski definition) is 3. The number of benzene rings is 4. The first kappa shape index (κ1) is 16.9. The van der Waals surface area contributed by atoms with Crippen molar-refractivity contribution in [2.24, 2.45) is 0 Å². The van der Waals surface area contributed by atoms with Gasteiger partial charge in [0.15, 0.2) is 10.9 Å². The molecule has 0 fully saturated rings. The molecule has 0 aliphatic carbocycles. The van der Waals surface area contributed by atoms with Crippen molar-refractivity contribution in [2.45, 2.75) is 0 Å². The smallest absolute Gasteiger partial charge is 0.195 e. The first-order valence-corrected chi connectivity index (χ1v) is 11.0. The third-order valence-electron chi connectivity index (χ3n) is 6.39. The van der Waals surface area contributed by atoms with E-state index in [4.69, 9.17) is 0 Å². The van der Waals surface area contributed by atoms with Crippen LogP contribution in [0.2, 0.25) is 0 Å². The fourth-order valence-electron chi connectivity index (χ4n) is 5.09. The summed E-state index contributed by atoms with van der Waals surface area (Å²) in [6.45, 7) is 0. The zero-order valence-corrected chi connectivity index (χ0v) is 17.1. The third-order valence-corrected chi connectivity index (χ3v) is 7.51. The Balaban J connectivity index is 1.76. The molecule has 0 aliphatic heterocycles. The van der Waals surface area contributed by atoms with Crippen LogP contribution < -0.4 is 10.9 Å². The van der Waals surface area contributed by atoms with Crippen LogP contribution in [0.1, 0.15) is 0 Å². The Bertz CT molecular complexity index is 1930. The summed E-state index contributed by atoms with van der Waals surface area (Å²) in [5.41, 5.74) is 0.127. The molecule has 0 radical (unpaired) electrons. The van der Waals surface area contributed by atoms with Gasteiger partial charge in [-0.25, -0.2) is 0 Å². The minimum atomic E-state index is 0.0633. The van der Waals surface area contributed by atoms with Crippen LogP contribution in [-0.2, 0) is 0 Å². The summed E-state index contributed by atoms with van der Waals surface area (Å²) in [6, 6.07) is 27.9. The molecule has 3 heteroatoms. The van der Waals surface area contributed by atoms with E-state index in [1.54, 1.807) is 0 Å². The summed E-state index contributed by atoms with van der Waals surface area (Å²) < 4.78 is 1.82. The van der Waals surface area contributed by atoms with Crippen LogP contribution in [0.3, 0.4) is 0 Å². The Labute approximate surface area is 179 Å². The fourth-order valence-corrected chi connectivity index (χ4v) is 6.21. The molecule has 0 atom stereocenters. The van der Waals surface area contributed by atoms with E-state index in [1.165, 1.54) is 11.3 Å². The van der Waals surface area contributed by atoms with Crippen molar-refractivity contribution in [1.82, 2.24) is 0 Å². The SMILES string of the molecule is O=c1/c(=c2\cc/c(=c3\c(=O)c4cccc5cccc3c54)s2)c2cccc3cccc1c32. The van der Waals surface area contributed by atoms with Crippen molar-refractivity contribution in [1.29, 1.82) is 0 Å². The minimum Gasteiger partial charge on any atom is -0.289 e. The Morgan fingerprint density at radius 2 is 0.839 bits per heavy atom. The molecule has 0 unspecified atom stereocenters. The van der Waals surface area contributed by atoms with E-state index in [0.717, 1.165) is 62.6 Å². The molecular weight excluding hydrogens is 400 g/mol. The highest BCUT2D eigenvalue weighted by molar-refractivity contribution is 7.08. The van der Waals surface area contributed by atoms with E-state index >= 15 is 0 Å². The highest BCUT2D eigenvalue weighted by Gasteiger charge is 2.13. The van der Waals surface area contributed by atoms with Crippen molar-refractivity contribution in [3.63, 3.8) is 0 Å². The van der Waals surface area contributed by atoms with E-state index in [2.05, 4.69) is 0 Å². The van der Waals surface area contributed by atoms with Gasteiger partial charge in [-0.3, -0.25) is 9.59 Å². The van der Waals surface area contributed by atoms with Crippen LogP contribution in [0.4, 0.5) is 0 Å². The average Bonchev–Trinajstić information content (AvgIpc) is 3.45. The van der Waals surface area contributed by atoms with Gasteiger partial charge in [0.25, 0.3) is 0 Å². The van der Waals surface area contributed by atoms with E-state index in [1.807, 2.05) is 84.9 Å². The minimum absolute atomic E-state index is 0.0633. The van der Waals surface area contributed by atoms with E-state index in [0.29, 0.717) is 0 Å². The summed E-state index contributed by atoms with van der Waals surface area (Å²) in [7, 11) is 0. The van der Waals surface area contributed by atoms with Crippen LogP contribution >= 0.6 is 11.3 Å². The molecule has 144 valence electrons. The second-order valence-corrected chi connectivity index (χ2v) is 9.07. The number of thiophene rings is 1. The van der Waals surface area contributed by atoms with Crippen LogP contribution in [0.15, 0.2) is 94.5 Å². The molecule has 7 rings (SSSR count). The number of rotatable bonds is 0. The first-order valence-electron chi connectivity index (χ1n) is 10.2. The molecule has 1 aromatic heterocycles. The normalized spacial score (nSPS) is 14.5. The maximum atomic E-state index is 13.3. The van der Waals surface area contributed by atoms with Crippen molar-refractivity contribution < 1.29 is 0 Å². The van der Waals surface area contributed by atoms with E-state index in [-0.39, 0.29) is 10.9 Å². The lowest BCUT2D eigenvalue weighted by Crippen LogP contribution is -1.95. The molecule has 31 heavy (non-hydrogen) atoms. The van der Waals surface area contributed by atoms with Gasteiger partial charge in [-0.1, -0.05) is 72.8 Å². The summed E-state index contributed by atoms with van der Waals surface area (Å²) in [4.78, 5) is 26.6. The van der Waals surface area contributed by atoms with Gasteiger partial charge in [-0.2, -0.15) is 0 Å². The molecule has 2 nitrogen and oxygen atoms in total. The molecule has 7 aromatic rings. The van der Waals surface area contributed by atoms with Crippen LogP contribution in [0.25, 0.3) is 43.1 Å². The average molecular weight is 414 g/mol. The lowest BCUT2D eigenvalue weighted by Gasteiger charge is -1.96. The van der Waals surface area contributed by atoms with Gasteiger partial charge >= 0.3 is 0 Å². The molecule has 1 heterocycles. The summed E-state index contributed by atoms with van der Waals surface area (Å²) in [6.07, 6.45) is 0. The van der Waals surface area contributed by atoms with Crippen LogP contribution in [0.5, 0.6) is 0 Å². The third kappa shape index (κ3) is 2.11. The van der Waals surface area contributed by atoms with Gasteiger partial charge in [0.2, 0.25) is 0 Å². The monoisotopic (exact) mass is 414 g/mol. The Morgan fingerprint density at radius 1 is 0.452 bits per heavy atom. The highest BCUT2D eigenvalue weighted by atomic mass is 32.1. The molecule has 6 aromatic carbocycles. The molecule has 0 aliphatic rings. The van der Waals surface area contributed by atoms with E-state index < -0.39 is 0 Å². The van der Waals surface area contributed by atoms with Crippen molar-refractivity contribution in [3.8, 4) is 0 Å². The standard InChI is InChI=1S/C28H14O2S/c29-27-19-11-3-7-15-5-1-9-17(23(15)19)25(27)21-13-14-22(31-21)26-18-10-2-6-16-8-4-12-20(24(16)18)28(26)30/h1-14H/b25-21+,26-22+. The Kier molecular flexibility index (Phi) is 3.20. The lowest BCUT2D eigenvalue weighted by atomic mass is 10.1. The zero-order chi connectivity index (χ0) is 20.7. The maximum Gasteiger partial charge on any atom is 0.195 e.